The van der Waals surface area contributed by atoms with Crippen molar-refractivity contribution in [2.45, 2.75) is 44.3 Å². The van der Waals surface area contributed by atoms with E-state index in [1.54, 1.807) is 12.1 Å². The molecule has 2 aromatic rings. The van der Waals surface area contributed by atoms with E-state index < -0.39 is 10.0 Å². The summed E-state index contributed by atoms with van der Waals surface area (Å²) >= 11 is 0. The summed E-state index contributed by atoms with van der Waals surface area (Å²) in [6, 6.07) is 13.9. The number of hydrogen-bond donors (Lipinski definition) is 2. The molecule has 0 bridgehead atoms. The fourth-order valence-corrected chi connectivity index (χ4v) is 4.69. The number of morpholine rings is 1. The van der Waals surface area contributed by atoms with E-state index in [9.17, 15) is 13.2 Å². The molecule has 2 aromatic carbocycles. The highest BCUT2D eigenvalue weighted by atomic mass is 32.2. The molecular weight excluding hydrogens is 414 g/mol. The van der Waals surface area contributed by atoms with Gasteiger partial charge in [0.15, 0.2) is 0 Å². The second-order valence-electron chi connectivity index (χ2n) is 7.79. The van der Waals surface area contributed by atoms with E-state index in [-0.39, 0.29) is 16.8 Å². The molecule has 1 heterocycles. The Morgan fingerprint density at radius 3 is 2.35 bits per heavy atom. The number of ether oxygens (including phenoxy) is 1. The van der Waals surface area contributed by atoms with Crippen molar-refractivity contribution < 1.29 is 17.9 Å². The van der Waals surface area contributed by atoms with Crippen molar-refractivity contribution in [2.24, 2.45) is 0 Å². The molecule has 1 saturated heterocycles. The number of sulfonamides is 1. The van der Waals surface area contributed by atoms with E-state index in [2.05, 4.69) is 21.0 Å². The summed E-state index contributed by atoms with van der Waals surface area (Å²) in [7, 11) is -3.58. The molecule has 1 amide bonds. The van der Waals surface area contributed by atoms with Crippen LogP contribution in [0.2, 0.25) is 0 Å². The molecule has 168 valence electrons. The Balaban J connectivity index is 1.61. The van der Waals surface area contributed by atoms with Gasteiger partial charge in [-0.2, -0.15) is 0 Å². The summed E-state index contributed by atoms with van der Waals surface area (Å²) in [6.07, 6.45) is 0.701. The van der Waals surface area contributed by atoms with Gasteiger partial charge in [0.25, 0.3) is 5.91 Å². The van der Waals surface area contributed by atoms with Crippen molar-refractivity contribution in [1.29, 1.82) is 0 Å². The monoisotopic (exact) mass is 445 g/mol. The third-order valence-corrected chi connectivity index (χ3v) is 7.06. The van der Waals surface area contributed by atoms with Gasteiger partial charge in [0.05, 0.1) is 18.1 Å². The van der Waals surface area contributed by atoms with E-state index in [4.69, 9.17) is 4.74 Å². The van der Waals surface area contributed by atoms with Crippen LogP contribution < -0.4 is 10.0 Å². The lowest BCUT2D eigenvalue weighted by molar-refractivity contribution is 0.0340. The van der Waals surface area contributed by atoms with E-state index in [0.29, 0.717) is 18.5 Å². The normalized spacial score (nSPS) is 16.1. The van der Waals surface area contributed by atoms with Gasteiger partial charge >= 0.3 is 0 Å². The van der Waals surface area contributed by atoms with Crippen LogP contribution >= 0.6 is 0 Å². The highest BCUT2D eigenvalue weighted by Crippen LogP contribution is 2.15. The number of amides is 1. The molecule has 3 rings (SSSR count). The Kier molecular flexibility index (Phi) is 8.20. The first kappa shape index (κ1) is 23.4. The van der Waals surface area contributed by atoms with Crippen molar-refractivity contribution in [3.05, 3.63) is 65.2 Å². The number of nitrogens with zero attached hydrogens (tertiary/aromatic N) is 1. The first-order valence-electron chi connectivity index (χ1n) is 10.7. The minimum absolute atomic E-state index is 0.148. The quantitative estimate of drug-likeness (QED) is 0.619. The maximum Gasteiger partial charge on any atom is 0.251 e. The molecule has 7 nitrogen and oxygen atoms in total. The minimum Gasteiger partial charge on any atom is -0.379 e. The van der Waals surface area contributed by atoms with E-state index in [1.807, 2.05) is 32.0 Å². The van der Waals surface area contributed by atoms with Crippen molar-refractivity contribution in [2.75, 3.05) is 26.3 Å². The molecule has 0 aliphatic carbocycles. The predicted octanol–water partition coefficient (Wildman–Crippen LogP) is 2.53. The van der Waals surface area contributed by atoms with Crippen molar-refractivity contribution in [3.8, 4) is 0 Å². The smallest absolute Gasteiger partial charge is 0.251 e. The lowest BCUT2D eigenvalue weighted by Gasteiger charge is -2.27. The topological polar surface area (TPSA) is 87.7 Å². The van der Waals surface area contributed by atoms with E-state index in [1.165, 1.54) is 17.7 Å². The number of nitrogens with one attached hydrogen (secondary N) is 2. The molecule has 0 saturated carbocycles. The van der Waals surface area contributed by atoms with Crippen molar-refractivity contribution in [3.63, 3.8) is 0 Å². The van der Waals surface area contributed by atoms with Crippen LogP contribution in [0.25, 0.3) is 0 Å². The molecule has 0 spiro atoms. The van der Waals surface area contributed by atoms with Crippen LogP contribution in [-0.4, -0.2) is 51.6 Å². The Morgan fingerprint density at radius 1 is 1.06 bits per heavy atom. The Morgan fingerprint density at radius 2 is 1.71 bits per heavy atom. The predicted molar refractivity (Wildman–Crippen MR) is 120 cm³/mol. The number of benzene rings is 2. The van der Waals surface area contributed by atoms with Gasteiger partial charge in [0.2, 0.25) is 10.0 Å². The zero-order valence-corrected chi connectivity index (χ0v) is 19.0. The van der Waals surface area contributed by atoms with Crippen LogP contribution in [0.5, 0.6) is 0 Å². The highest BCUT2D eigenvalue weighted by Gasteiger charge is 2.17. The molecule has 0 unspecified atom stereocenters. The van der Waals surface area contributed by atoms with Crippen LogP contribution in [0.3, 0.4) is 0 Å². The maximum atomic E-state index is 12.6. The third-order valence-electron chi connectivity index (χ3n) is 5.45. The first-order chi connectivity index (χ1) is 14.9. The van der Waals surface area contributed by atoms with Gasteiger partial charge in [0, 0.05) is 37.8 Å². The molecule has 1 aliphatic rings. The number of rotatable bonds is 9. The fraction of sp³-hybridized carbons (Fsp3) is 0.435. The minimum atomic E-state index is -3.58. The second-order valence-corrected chi connectivity index (χ2v) is 9.51. The van der Waals surface area contributed by atoms with Gasteiger partial charge in [-0.25, -0.2) is 13.1 Å². The Hall–Kier alpha value is -2.26. The lowest BCUT2D eigenvalue weighted by Crippen LogP contribution is -2.36. The zero-order valence-electron chi connectivity index (χ0n) is 18.1. The third kappa shape index (κ3) is 6.61. The van der Waals surface area contributed by atoms with Gasteiger partial charge in [-0.05, 0) is 48.7 Å². The van der Waals surface area contributed by atoms with Crippen LogP contribution in [0.15, 0.2) is 53.4 Å². The SMILES string of the molecule is CC[C@@H](C)NS(=O)(=O)c1ccc(C(=O)NCc2ccccc2CN2CCOCC2)cc1. The van der Waals surface area contributed by atoms with Crippen LogP contribution in [0.4, 0.5) is 0 Å². The molecule has 0 aromatic heterocycles. The zero-order chi connectivity index (χ0) is 22.3. The van der Waals surface area contributed by atoms with Crippen molar-refractivity contribution >= 4 is 15.9 Å². The van der Waals surface area contributed by atoms with Gasteiger partial charge in [-0.3, -0.25) is 9.69 Å². The maximum absolute atomic E-state index is 12.6. The van der Waals surface area contributed by atoms with Crippen molar-refractivity contribution in [1.82, 2.24) is 14.9 Å². The molecule has 1 atom stereocenters. The van der Waals surface area contributed by atoms with Crippen LogP contribution in [0, 0.1) is 0 Å². The number of carbonyl (C=O) groups excluding carboxylic acids is 1. The second kappa shape index (κ2) is 10.9. The molecule has 2 N–H and O–H groups in total. The molecule has 1 aliphatic heterocycles. The number of carbonyl (C=O) groups is 1. The van der Waals surface area contributed by atoms with E-state index >= 15 is 0 Å². The van der Waals surface area contributed by atoms with Gasteiger partial charge in [-0.15, -0.1) is 0 Å². The Bertz CT molecular complexity index is 971. The fourth-order valence-electron chi connectivity index (χ4n) is 3.36. The standard InChI is InChI=1S/C23H31N3O4S/c1-3-18(2)25-31(28,29)22-10-8-19(9-11-22)23(27)24-16-20-6-4-5-7-21(20)17-26-12-14-30-15-13-26/h4-11,18,25H,3,12-17H2,1-2H3,(H,24,27)/t18-/m1/s1. The summed E-state index contributed by atoms with van der Waals surface area (Å²) in [4.78, 5) is 15.1. The van der Waals surface area contributed by atoms with Crippen LogP contribution in [0.1, 0.15) is 41.8 Å². The average molecular weight is 446 g/mol. The first-order valence-corrected chi connectivity index (χ1v) is 12.1. The average Bonchev–Trinajstić information content (AvgIpc) is 2.78. The Labute approximate surface area is 184 Å². The summed E-state index contributed by atoms with van der Waals surface area (Å²) < 4.78 is 32.8. The molecule has 8 heteroatoms. The van der Waals surface area contributed by atoms with Gasteiger partial charge in [0.1, 0.15) is 0 Å². The molecular formula is C23H31N3O4S. The summed E-state index contributed by atoms with van der Waals surface area (Å²) in [5, 5.41) is 2.95. The van der Waals surface area contributed by atoms with Gasteiger partial charge in [-0.1, -0.05) is 31.2 Å². The lowest BCUT2D eigenvalue weighted by atomic mass is 10.1. The molecule has 31 heavy (non-hydrogen) atoms. The summed E-state index contributed by atoms with van der Waals surface area (Å²) in [6.45, 7) is 8.27. The number of hydrogen-bond acceptors (Lipinski definition) is 5. The summed E-state index contributed by atoms with van der Waals surface area (Å²) in [5.74, 6) is -0.236. The largest absolute Gasteiger partial charge is 0.379 e. The van der Waals surface area contributed by atoms with E-state index in [0.717, 1.165) is 38.4 Å². The highest BCUT2D eigenvalue weighted by molar-refractivity contribution is 7.89. The molecule has 0 radical (unpaired) electrons. The molecule has 1 fully saturated rings. The van der Waals surface area contributed by atoms with Gasteiger partial charge < -0.3 is 10.1 Å². The van der Waals surface area contributed by atoms with Crippen LogP contribution in [-0.2, 0) is 27.8 Å². The summed E-state index contributed by atoms with van der Waals surface area (Å²) in [5.41, 5.74) is 2.68.